The molecule has 0 saturated carbocycles. The van der Waals surface area contributed by atoms with Gasteiger partial charge in [0.15, 0.2) is 5.82 Å². The molecule has 0 aliphatic rings. The van der Waals surface area contributed by atoms with Gasteiger partial charge in [-0.1, -0.05) is 0 Å². The Balaban J connectivity index is 3.44. The molecule has 0 aromatic carbocycles. The predicted octanol–water partition coefficient (Wildman–Crippen LogP) is -0.123. The molecule has 8 nitrogen and oxygen atoms in total. The topological polar surface area (TPSA) is 109 Å². The largest absolute Gasteiger partial charge is 0.361 e. The Morgan fingerprint density at radius 1 is 1.47 bits per heavy atom. The van der Waals surface area contributed by atoms with E-state index in [9.17, 15) is 18.5 Å². The minimum Gasteiger partial charge on any atom is -0.358 e. The number of imidazole rings is 1. The van der Waals surface area contributed by atoms with Gasteiger partial charge in [-0.25, -0.2) is 17.7 Å². The van der Waals surface area contributed by atoms with Crippen molar-refractivity contribution in [2.24, 2.45) is 0 Å². The van der Waals surface area contributed by atoms with Crippen LogP contribution in [-0.2, 0) is 10.0 Å². The summed E-state index contributed by atoms with van der Waals surface area (Å²) in [5.41, 5.74) is 0. The molecule has 84 valence electrons. The molecule has 0 atom stereocenters. The molecule has 15 heavy (non-hydrogen) atoms. The van der Waals surface area contributed by atoms with Crippen molar-refractivity contribution in [3.8, 4) is 0 Å². The number of sulfonamides is 1. The normalized spacial score (nSPS) is 12.0. The Kier molecular flexibility index (Phi) is 2.77. The van der Waals surface area contributed by atoms with Crippen LogP contribution in [0.4, 0.5) is 5.82 Å². The lowest BCUT2D eigenvalue weighted by molar-refractivity contribution is -0.392. The van der Waals surface area contributed by atoms with Crippen molar-refractivity contribution in [1.82, 2.24) is 14.3 Å². The molecule has 0 radical (unpaired) electrons. The van der Waals surface area contributed by atoms with Crippen molar-refractivity contribution in [3.63, 3.8) is 0 Å². The first-order chi connectivity index (χ1) is 6.76. The second kappa shape index (κ2) is 3.59. The van der Waals surface area contributed by atoms with E-state index in [2.05, 4.69) is 9.97 Å². The first-order valence-electron chi connectivity index (χ1n) is 3.90. The number of nitro groups is 1. The van der Waals surface area contributed by atoms with E-state index in [0.717, 1.165) is 4.31 Å². The fourth-order valence-electron chi connectivity index (χ4n) is 0.935. The van der Waals surface area contributed by atoms with Gasteiger partial charge in [-0.3, -0.25) is 0 Å². The molecular weight excluding hydrogens is 224 g/mol. The van der Waals surface area contributed by atoms with Gasteiger partial charge < -0.3 is 10.1 Å². The van der Waals surface area contributed by atoms with Crippen molar-refractivity contribution in [2.45, 2.75) is 11.9 Å². The number of aromatic amines is 1. The molecule has 0 aliphatic carbocycles. The molecule has 1 N–H and O–H groups in total. The van der Waals surface area contributed by atoms with E-state index < -0.39 is 25.8 Å². The van der Waals surface area contributed by atoms with E-state index >= 15 is 0 Å². The van der Waals surface area contributed by atoms with Crippen molar-refractivity contribution < 1.29 is 13.3 Å². The molecule has 1 aromatic heterocycles. The van der Waals surface area contributed by atoms with Gasteiger partial charge in [0.05, 0.1) is 0 Å². The van der Waals surface area contributed by atoms with Gasteiger partial charge in [0, 0.05) is 21.0 Å². The molecule has 0 amide bonds. The van der Waals surface area contributed by atoms with Crippen LogP contribution in [-0.4, -0.2) is 41.7 Å². The third-order valence-electron chi connectivity index (χ3n) is 1.68. The van der Waals surface area contributed by atoms with Gasteiger partial charge in [0.2, 0.25) is 0 Å². The summed E-state index contributed by atoms with van der Waals surface area (Å²) in [5.74, 6) is -0.427. The zero-order chi connectivity index (χ0) is 11.8. The maximum Gasteiger partial charge on any atom is 0.361 e. The molecule has 0 unspecified atom stereocenters. The monoisotopic (exact) mass is 234 g/mol. The fraction of sp³-hybridized carbons (Fsp3) is 0.500. The first-order valence-corrected chi connectivity index (χ1v) is 5.34. The molecule has 0 saturated heterocycles. The van der Waals surface area contributed by atoms with Crippen molar-refractivity contribution in [2.75, 3.05) is 14.1 Å². The molecule has 1 aromatic rings. The fourth-order valence-corrected chi connectivity index (χ4v) is 1.90. The number of hydrogen-bond acceptors (Lipinski definition) is 5. The minimum atomic E-state index is -3.88. The van der Waals surface area contributed by atoms with Crippen LogP contribution in [0.3, 0.4) is 0 Å². The average molecular weight is 234 g/mol. The van der Waals surface area contributed by atoms with Crippen LogP contribution in [0.5, 0.6) is 0 Å². The second-order valence-electron chi connectivity index (χ2n) is 3.02. The Morgan fingerprint density at radius 2 is 2.00 bits per heavy atom. The Bertz CT molecular complexity index is 489. The Morgan fingerprint density at radius 3 is 2.40 bits per heavy atom. The maximum atomic E-state index is 11.6. The summed E-state index contributed by atoms with van der Waals surface area (Å²) in [6, 6.07) is 0. The van der Waals surface area contributed by atoms with Crippen molar-refractivity contribution in [3.05, 3.63) is 15.9 Å². The highest BCUT2D eigenvalue weighted by atomic mass is 32.2. The van der Waals surface area contributed by atoms with Gasteiger partial charge in [-0.05, 0) is 4.92 Å². The Hall–Kier alpha value is -1.48. The van der Waals surface area contributed by atoms with Gasteiger partial charge in [-0.2, -0.15) is 4.98 Å². The van der Waals surface area contributed by atoms with Crippen LogP contribution >= 0.6 is 0 Å². The van der Waals surface area contributed by atoms with E-state index in [1.807, 2.05) is 0 Å². The standard InChI is InChI=1S/C6H10N4O4S/c1-4-7-5(10(11)12)6(8-4)15(13,14)9(2)3/h1-3H3,(H,7,8). The quantitative estimate of drug-likeness (QED) is 0.579. The highest BCUT2D eigenvalue weighted by Gasteiger charge is 2.31. The van der Waals surface area contributed by atoms with E-state index in [4.69, 9.17) is 0 Å². The number of nitrogens with zero attached hydrogens (tertiary/aromatic N) is 3. The summed E-state index contributed by atoms with van der Waals surface area (Å²) in [5, 5.41) is 10.00. The minimum absolute atomic E-state index is 0.183. The Labute approximate surface area is 86.1 Å². The van der Waals surface area contributed by atoms with Crippen LogP contribution in [0.25, 0.3) is 0 Å². The molecule has 0 bridgehead atoms. The van der Waals surface area contributed by atoms with Crippen molar-refractivity contribution in [1.29, 1.82) is 0 Å². The first kappa shape index (κ1) is 11.6. The number of hydrogen-bond donors (Lipinski definition) is 1. The lowest BCUT2D eigenvalue weighted by atomic mass is 10.7. The third kappa shape index (κ3) is 1.97. The number of H-pyrrole nitrogens is 1. The van der Waals surface area contributed by atoms with E-state index in [-0.39, 0.29) is 5.82 Å². The zero-order valence-corrected chi connectivity index (χ0v) is 9.20. The number of aromatic nitrogens is 2. The highest BCUT2D eigenvalue weighted by Crippen LogP contribution is 2.22. The van der Waals surface area contributed by atoms with Gasteiger partial charge in [0.1, 0.15) is 0 Å². The lowest BCUT2D eigenvalue weighted by Gasteiger charge is -2.07. The number of aryl methyl sites for hydroxylation is 1. The number of nitrogens with one attached hydrogen (secondary N) is 1. The summed E-state index contributed by atoms with van der Waals surface area (Å²) < 4.78 is 24.1. The third-order valence-corrected chi connectivity index (χ3v) is 3.41. The molecule has 0 fully saturated rings. The van der Waals surface area contributed by atoms with Gasteiger partial charge in [-0.15, -0.1) is 0 Å². The van der Waals surface area contributed by atoms with Crippen LogP contribution in [0.1, 0.15) is 5.82 Å². The van der Waals surface area contributed by atoms with Gasteiger partial charge in [0.25, 0.3) is 15.0 Å². The van der Waals surface area contributed by atoms with E-state index in [1.165, 1.54) is 21.0 Å². The summed E-state index contributed by atoms with van der Waals surface area (Å²) in [6.45, 7) is 1.45. The predicted molar refractivity (Wildman–Crippen MR) is 50.9 cm³/mol. The summed E-state index contributed by atoms with van der Waals surface area (Å²) >= 11 is 0. The molecule has 9 heteroatoms. The van der Waals surface area contributed by atoms with Crippen LogP contribution in [0.2, 0.25) is 0 Å². The van der Waals surface area contributed by atoms with E-state index in [1.54, 1.807) is 0 Å². The highest BCUT2D eigenvalue weighted by molar-refractivity contribution is 7.89. The molecule has 1 rings (SSSR count). The SMILES string of the molecule is Cc1nc(S(=O)(=O)N(C)C)c([N+](=O)[O-])[nH]1. The van der Waals surface area contributed by atoms with Gasteiger partial charge >= 0.3 is 5.82 Å². The average Bonchev–Trinajstić information content (AvgIpc) is 2.47. The van der Waals surface area contributed by atoms with Crippen LogP contribution in [0.15, 0.2) is 5.03 Å². The van der Waals surface area contributed by atoms with Crippen molar-refractivity contribution >= 4 is 15.8 Å². The van der Waals surface area contributed by atoms with E-state index in [0.29, 0.717) is 0 Å². The maximum absolute atomic E-state index is 11.6. The van der Waals surface area contributed by atoms with Crippen LogP contribution in [0, 0.1) is 17.0 Å². The molecular formula is C6H10N4O4S. The summed E-state index contributed by atoms with van der Waals surface area (Å²) in [7, 11) is -1.32. The molecule has 0 spiro atoms. The smallest absolute Gasteiger partial charge is 0.358 e. The summed E-state index contributed by atoms with van der Waals surface area (Å²) in [4.78, 5) is 15.6. The zero-order valence-electron chi connectivity index (χ0n) is 8.38. The summed E-state index contributed by atoms with van der Waals surface area (Å²) in [6.07, 6.45) is 0. The second-order valence-corrected chi connectivity index (χ2v) is 5.09. The van der Waals surface area contributed by atoms with Crippen LogP contribution < -0.4 is 0 Å². The molecule has 1 heterocycles. The lowest BCUT2D eigenvalue weighted by Crippen LogP contribution is -2.23. The number of rotatable bonds is 3. The molecule has 0 aliphatic heterocycles.